The van der Waals surface area contributed by atoms with Gasteiger partial charge in [0.15, 0.2) is 10.6 Å². The number of hydrogen-bond donors (Lipinski definition) is 2. The molecule has 1 amide bonds. The molecule has 0 aliphatic rings. The number of rotatable bonds is 6. The van der Waals surface area contributed by atoms with Crippen molar-refractivity contribution in [3.8, 4) is 10.4 Å². The minimum Gasteiger partial charge on any atom is -0.345 e. The summed E-state index contributed by atoms with van der Waals surface area (Å²) in [4.78, 5) is 14.0. The van der Waals surface area contributed by atoms with E-state index in [1.807, 2.05) is 23.6 Å². The highest BCUT2D eigenvalue weighted by atomic mass is 32.1. The molecule has 5 nitrogen and oxygen atoms in total. The molecule has 0 radical (unpaired) electrons. The van der Waals surface area contributed by atoms with Crippen molar-refractivity contribution in [1.82, 2.24) is 20.1 Å². The Morgan fingerprint density at radius 2 is 2.12 bits per heavy atom. The molecule has 3 rings (SSSR count). The van der Waals surface area contributed by atoms with Crippen LogP contribution < -0.4 is 5.32 Å². The largest absolute Gasteiger partial charge is 0.345 e. The monoisotopic (exact) mass is 388 g/mol. The lowest BCUT2D eigenvalue weighted by Gasteiger charge is -2.03. The van der Waals surface area contributed by atoms with Gasteiger partial charge in [0.2, 0.25) is 5.91 Å². The number of hydrogen-bond acceptors (Lipinski definition) is 4. The third-order valence-corrected chi connectivity index (χ3v) is 5.14. The first-order chi connectivity index (χ1) is 12.6. The van der Waals surface area contributed by atoms with Crippen molar-refractivity contribution < 1.29 is 9.18 Å². The molecule has 2 N–H and O–H groups in total. The van der Waals surface area contributed by atoms with Gasteiger partial charge < -0.3 is 9.88 Å². The molecule has 1 aromatic carbocycles. The highest BCUT2D eigenvalue weighted by molar-refractivity contribution is 7.71. The maximum atomic E-state index is 13.0. The van der Waals surface area contributed by atoms with Crippen molar-refractivity contribution in [1.29, 1.82) is 0 Å². The maximum Gasteiger partial charge on any atom is 0.244 e. The van der Waals surface area contributed by atoms with Crippen LogP contribution >= 0.6 is 23.6 Å². The molecule has 0 saturated heterocycles. The quantitative estimate of drug-likeness (QED) is 0.492. The Kier molecular flexibility index (Phi) is 5.75. The van der Waals surface area contributed by atoms with Crippen molar-refractivity contribution in [2.24, 2.45) is 0 Å². The number of H-pyrrole nitrogens is 1. The molecule has 0 atom stereocenters. The number of halogens is 1. The zero-order valence-corrected chi connectivity index (χ0v) is 15.7. The average Bonchev–Trinajstić information content (AvgIpc) is 3.25. The molecule has 0 saturated carbocycles. The van der Waals surface area contributed by atoms with Crippen LogP contribution in [0.25, 0.3) is 16.5 Å². The second kappa shape index (κ2) is 8.20. The van der Waals surface area contributed by atoms with Crippen LogP contribution in [0.5, 0.6) is 0 Å². The summed E-state index contributed by atoms with van der Waals surface area (Å²) in [6.07, 6.45) is 3.24. The Balaban J connectivity index is 1.60. The van der Waals surface area contributed by atoms with Crippen LogP contribution in [0, 0.1) is 10.6 Å². The van der Waals surface area contributed by atoms with Crippen molar-refractivity contribution in [2.45, 2.75) is 20.0 Å². The number of nitrogens with one attached hydrogen (secondary N) is 2. The summed E-state index contributed by atoms with van der Waals surface area (Å²) in [6.45, 7) is 2.96. The Hall–Kier alpha value is -2.58. The Morgan fingerprint density at radius 1 is 1.35 bits per heavy atom. The van der Waals surface area contributed by atoms with E-state index < -0.39 is 0 Å². The summed E-state index contributed by atoms with van der Waals surface area (Å²) in [7, 11) is 0. The normalized spacial score (nSPS) is 11.2. The fourth-order valence-corrected chi connectivity index (χ4v) is 3.60. The molecule has 2 aromatic heterocycles. The predicted molar refractivity (Wildman–Crippen MR) is 104 cm³/mol. The molecule has 0 bridgehead atoms. The van der Waals surface area contributed by atoms with Gasteiger partial charge in [0.25, 0.3) is 0 Å². The summed E-state index contributed by atoms with van der Waals surface area (Å²) >= 11 is 6.65. The van der Waals surface area contributed by atoms with E-state index in [1.54, 1.807) is 18.2 Å². The molecule has 0 spiro atoms. The van der Waals surface area contributed by atoms with Crippen LogP contribution in [0.2, 0.25) is 0 Å². The lowest BCUT2D eigenvalue weighted by molar-refractivity contribution is -0.116. The van der Waals surface area contributed by atoms with Crippen molar-refractivity contribution >= 4 is 35.5 Å². The second-order valence-corrected chi connectivity index (χ2v) is 6.95. The van der Waals surface area contributed by atoms with Crippen LogP contribution in [0.3, 0.4) is 0 Å². The highest BCUT2D eigenvalue weighted by Gasteiger charge is 2.06. The summed E-state index contributed by atoms with van der Waals surface area (Å²) in [5.74, 6) is 0.221. The van der Waals surface area contributed by atoms with Crippen LogP contribution in [0.15, 0.2) is 42.5 Å². The Morgan fingerprint density at radius 3 is 2.85 bits per heavy atom. The molecule has 0 aliphatic carbocycles. The molecule has 2 heterocycles. The number of aromatic nitrogens is 3. The molecular formula is C18H17FN4OS2. The molecule has 0 aliphatic heterocycles. The van der Waals surface area contributed by atoms with Crippen LogP contribution in [-0.2, 0) is 17.9 Å². The van der Waals surface area contributed by atoms with E-state index in [0.29, 0.717) is 23.7 Å². The number of carbonyl (C=O) groups excluding carboxylic acids is 1. The summed E-state index contributed by atoms with van der Waals surface area (Å²) in [5, 5.41) is 9.61. The van der Waals surface area contributed by atoms with Gasteiger partial charge >= 0.3 is 0 Å². The summed E-state index contributed by atoms with van der Waals surface area (Å²) in [5.41, 5.74) is 0.947. The molecule has 134 valence electrons. The molecule has 26 heavy (non-hydrogen) atoms. The fourth-order valence-electron chi connectivity index (χ4n) is 2.41. The highest BCUT2D eigenvalue weighted by Crippen LogP contribution is 2.28. The Labute approximate surface area is 159 Å². The van der Waals surface area contributed by atoms with E-state index in [4.69, 9.17) is 12.2 Å². The zero-order chi connectivity index (χ0) is 18.5. The van der Waals surface area contributed by atoms with Gasteiger partial charge in [-0.3, -0.25) is 9.89 Å². The van der Waals surface area contributed by atoms with Gasteiger partial charge in [-0.25, -0.2) is 4.39 Å². The predicted octanol–water partition coefficient (Wildman–Crippen LogP) is 4.16. The minimum absolute atomic E-state index is 0.210. The fraction of sp³-hybridized carbons (Fsp3) is 0.167. The van der Waals surface area contributed by atoms with E-state index >= 15 is 0 Å². The van der Waals surface area contributed by atoms with Crippen molar-refractivity contribution in [3.63, 3.8) is 0 Å². The molecule has 0 fully saturated rings. The van der Waals surface area contributed by atoms with Crippen molar-refractivity contribution in [2.75, 3.05) is 0 Å². The number of benzene rings is 1. The van der Waals surface area contributed by atoms with E-state index in [9.17, 15) is 9.18 Å². The SMILES string of the molecule is CCn1c(CNC(=O)/C=C/c2ccc(-c3ccc(F)cc3)s2)n[nH]c1=S. The first-order valence-corrected chi connectivity index (χ1v) is 9.25. The Bertz CT molecular complexity index is 985. The minimum atomic E-state index is -0.258. The van der Waals surface area contributed by atoms with Gasteiger partial charge in [-0.15, -0.1) is 11.3 Å². The van der Waals surface area contributed by atoms with Gasteiger partial charge in [-0.2, -0.15) is 5.10 Å². The van der Waals surface area contributed by atoms with Gasteiger partial charge in [0.05, 0.1) is 6.54 Å². The molecule has 8 heteroatoms. The van der Waals surface area contributed by atoms with E-state index in [2.05, 4.69) is 15.5 Å². The van der Waals surface area contributed by atoms with Crippen LogP contribution in [-0.4, -0.2) is 20.7 Å². The van der Waals surface area contributed by atoms with E-state index in [-0.39, 0.29) is 11.7 Å². The smallest absolute Gasteiger partial charge is 0.244 e. The van der Waals surface area contributed by atoms with Crippen LogP contribution in [0.1, 0.15) is 17.6 Å². The van der Waals surface area contributed by atoms with Gasteiger partial charge in [0.1, 0.15) is 5.82 Å². The maximum absolute atomic E-state index is 13.0. The zero-order valence-electron chi connectivity index (χ0n) is 14.0. The number of amides is 1. The first-order valence-electron chi connectivity index (χ1n) is 8.02. The first kappa shape index (κ1) is 18.2. The number of carbonyl (C=O) groups is 1. The standard InChI is InChI=1S/C18H17FN4OS2/c1-2-23-16(21-22-18(23)25)11-20-17(24)10-8-14-7-9-15(26-14)12-3-5-13(19)6-4-12/h3-10H,2,11H2,1H3,(H,20,24)(H,22,25)/b10-8+. The van der Waals surface area contributed by atoms with Crippen LogP contribution in [0.4, 0.5) is 4.39 Å². The van der Waals surface area contributed by atoms with Gasteiger partial charge in [0, 0.05) is 22.4 Å². The molecular weight excluding hydrogens is 371 g/mol. The second-order valence-electron chi connectivity index (χ2n) is 5.45. The third-order valence-electron chi connectivity index (χ3n) is 3.73. The lowest BCUT2D eigenvalue weighted by atomic mass is 10.2. The van der Waals surface area contributed by atoms with E-state index in [0.717, 1.165) is 15.3 Å². The average molecular weight is 388 g/mol. The van der Waals surface area contributed by atoms with Crippen molar-refractivity contribution in [3.05, 3.63) is 63.8 Å². The number of aromatic amines is 1. The topological polar surface area (TPSA) is 62.7 Å². The van der Waals surface area contributed by atoms with Gasteiger partial charge in [-0.05, 0) is 55.0 Å². The summed E-state index contributed by atoms with van der Waals surface area (Å²) in [6, 6.07) is 10.2. The van der Waals surface area contributed by atoms with E-state index in [1.165, 1.54) is 29.5 Å². The van der Waals surface area contributed by atoms with Gasteiger partial charge in [-0.1, -0.05) is 12.1 Å². The number of thiophene rings is 1. The lowest BCUT2D eigenvalue weighted by Crippen LogP contribution is -2.22. The number of nitrogens with zero attached hydrogens (tertiary/aromatic N) is 2. The molecule has 3 aromatic rings. The summed E-state index contributed by atoms with van der Waals surface area (Å²) < 4.78 is 15.4. The third kappa shape index (κ3) is 4.33. The molecule has 0 unspecified atom stereocenters.